The van der Waals surface area contributed by atoms with Gasteiger partial charge in [0.15, 0.2) is 0 Å². The van der Waals surface area contributed by atoms with Gasteiger partial charge in [0.05, 0.1) is 4.88 Å². The Kier molecular flexibility index (Phi) is 6.99. The summed E-state index contributed by atoms with van der Waals surface area (Å²) in [7, 11) is 0. The molecule has 1 heterocycles. The zero-order chi connectivity index (χ0) is 18.4. The average Bonchev–Trinajstić information content (AvgIpc) is 2.91. The van der Waals surface area contributed by atoms with Gasteiger partial charge in [0, 0.05) is 11.8 Å². The maximum atomic E-state index is 12.4. The number of carbonyl (C=O) groups excluding carboxylic acids is 3. The molecule has 0 bridgehead atoms. The zero-order valence-electron chi connectivity index (χ0n) is 15.1. The van der Waals surface area contributed by atoms with Gasteiger partial charge >= 0.3 is 0 Å². The minimum atomic E-state index is -0.679. The second-order valence-corrected chi connectivity index (χ2v) is 7.98. The highest BCUT2D eigenvalue weighted by molar-refractivity contribution is 7.14. The molecule has 0 fully saturated rings. The van der Waals surface area contributed by atoms with Gasteiger partial charge in [-0.2, -0.15) is 0 Å². The minimum absolute atomic E-state index is 0.0812. The number of carbonyl (C=O) groups is 3. The van der Waals surface area contributed by atoms with Gasteiger partial charge in [-0.15, -0.1) is 11.3 Å². The zero-order valence-corrected chi connectivity index (χ0v) is 15.9. The number of aryl methyl sites for hydroxylation is 2. The Morgan fingerprint density at radius 1 is 1.04 bits per heavy atom. The Hall–Kier alpha value is -1.89. The number of hydrogen-bond donors (Lipinski definition) is 3. The molecule has 0 saturated carbocycles. The first kappa shape index (κ1) is 19.4. The lowest BCUT2D eigenvalue weighted by Gasteiger charge is -2.20. The molecule has 0 unspecified atom stereocenters. The van der Waals surface area contributed by atoms with E-state index in [0.29, 0.717) is 4.88 Å². The van der Waals surface area contributed by atoms with Crippen molar-refractivity contribution in [2.45, 2.75) is 65.3 Å². The molecule has 2 rings (SSSR count). The summed E-state index contributed by atoms with van der Waals surface area (Å²) in [6.07, 6.45) is 6.86. The summed E-state index contributed by atoms with van der Waals surface area (Å²) in [5.74, 6) is -1.09. The van der Waals surface area contributed by atoms with Crippen LogP contribution in [0, 0.1) is 5.92 Å². The fourth-order valence-corrected chi connectivity index (χ4v) is 4.12. The Morgan fingerprint density at radius 3 is 2.36 bits per heavy atom. The van der Waals surface area contributed by atoms with E-state index in [9.17, 15) is 14.4 Å². The van der Waals surface area contributed by atoms with E-state index in [1.165, 1.54) is 41.5 Å². The maximum Gasteiger partial charge on any atom is 0.279 e. The van der Waals surface area contributed by atoms with Crippen molar-refractivity contribution in [3.8, 4) is 0 Å². The fraction of sp³-hybridized carbons (Fsp3) is 0.611. The molecule has 6 nitrogen and oxygen atoms in total. The molecule has 0 aromatic carbocycles. The molecule has 138 valence electrons. The van der Waals surface area contributed by atoms with Crippen molar-refractivity contribution in [3.05, 3.63) is 21.4 Å². The lowest BCUT2D eigenvalue weighted by molar-refractivity contribution is -0.129. The van der Waals surface area contributed by atoms with Crippen LogP contribution in [-0.4, -0.2) is 23.8 Å². The molecule has 3 N–H and O–H groups in total. The molecule has 1 aliphatic rings. The van der Waals surface area contributed by atoms with Crippen LogP contribution in [0.1, 0.15) is 66.6 Å². The summed E-state index contributed by atoms with van der Waals surface area (Å²) in [5, 5.41) is 2.60. The molecule has 3 amide bonds. The predicted octanol–water partition coefficient (Wildman–Crippen LogP) is 2.33. The van der Waals surface area contributed by atoms with Gasteiger partial charge in [0.25, 0.3) is 11.8 Å². The van der Waals surface area contributed by atoms with Crippen LogP contribution in [0.3, 0.4) is 0 Å². The Balaban J connectivity index is 1.96. The van der Waals surface area contributed by atoms with Crippen LogP contribution >= 0.6 is 11.3 Å². The molecule has 0 radical (unpaired) electrons. The first-order valence-electron chi connectivity index (χ1n) is 8.87. The molecule has 0 spiro atoms. The third-order valence-electron chi connectivity index (χ3n) is 4.33. The standard InChI is InChI=1S/C18H27N3O3S/c1-11(2)16(19-12(3)22)18(24)21-20-17(23)15-10-13-8-6-4-5-7-9-14(13)25-15/h10-11,16H,4-9H2,1-3H3,(H,19,22)(H,20,23)(H,21,24)/t16-/m0/s1. The van der Waals surface area contributed by atoms with Crippen molar-refractivity contribution in [1.82, 2.24) is 16.2 Å². The van der Waals surface area contributed by atoms with Crippen LogP contribution in [0.2, 0.25) is 0 Å². The topological polar surface area (TPSA) is 87.3 Å². The lowest BCUT2D eigenvalue weighted by atomic mass is 10.00. The average molecular weight is 365 g/mol. The van der Waals surface area contributed by atoms with Crippen molar-refractivity contribution in [1.29, 1.82) is 0 Å². The molecule has 0 aliphatic heterocycles. The van der Waals surface area contributed by atoms with Crippen LogP contribution < -0.4 is 16.2 Å². The van der Waals surface area contributed by atoms with Crippen LogP contribution in [0.5, 0.6) is 0 Å². The number of fused-ring (bicyclic) bond motifs is 1. The van der Waals surface area contributed by atoms with Gasteiger partial charge in [-0.05, 0) is 43.2 Å². The number of nitrogens with one attached hydrogen (secondary N) is 3. The van der Waals surface area contributed by atoms with Crippen LogP contribution in [-0.2, 0) is 22.4 Å². The maximum absolute atomic E-state index is 12.4. The van der Waals surface area contributed by atoms with Gasteiger partial charge in [-0.1, -0.05) is 26.7 Å². The highest BCUT2D eigenvalue weighted by Gasteiger charge is 2.24. The van der Waals surface area contributed by atoms with Gasteiger partial charge in [0.2, 0.25) is 5.91 Å². The minimum Gasteiger partial charge on any atom is -0.344 e. The first-order valence-corrected chi connectivity index (χ1v) is 9.69. The van der Waals surface area contributed by atoms with Gasteiger partial charge in [-0.25, -0.2) is 0 Å². The van der Waals surface area contributed by atoms with Crippen molar-refractivity contribution in [2.75, 3.05) is 0 Å². The molecule has 1 aromatic rings. The number of hydrazine groups is 1. The largest absolute Gasteiger partial charge is 0.344 e. The molecule has 7 heteroatoms. The number of thiophene rings is 1. The third kappa shape index (κ3) is 5.56. The van der Waals surface area contributed by atoms with Crippen molar-refractivity contribution < 1.29 is 14.4 Å². The first-order chi connectivity index (χ1) is 11.9. The van der Waals surface area contributed by atoms with Crippen molar-refractivity contribution in [2.24, 2.45) is 5.92 Å². The van der Waals surface area contributed by atoms with E-state index in [4.69, 9.17) is 0 Å². The van der Waals surface area contributed by atoms with Gasteiger partial charge in [0.1, 0.15) is 6.04 Å². The smallest absolute Gasteiger partial charge is 0.279 e. The monoisotopic (exact) mass is 365 g/mol. The van der Waals surface area contributed by atoms with E-state index in [1.807, 2.05) is 19.9 Å². The van der Waals surface area contributed by atoms with Gasteiger partial charge < -0.3 is 5.32 Å². The Morgan fingerprint density at radius 2 is 1.72 bits per heavy atom. The Bertz CT molecular complexity index is 614. The van der Waals surface area contributed by atoms with E-state index >= 15 is 0 Å². The molecule has 1 aromatic heterocycles. The second kappa shape index (κ2) is 8.99. The number of rotatable bonds is 4. The Labute approximate surface area is 152 Å². The highest BCUT2D eigenvalue weighted by Crippen LogP contribution is 2.28. The molecule has 1 aliphatic carbocycles. The summed E-state index contributed by atoms with van der Waals surface area (Å²) in [4.78, 5) is 37.7. The third-order valence-corrected chi connectivity index (χ3v) is 5.56. The summed E-state index contributed by atoms with van der Waals surface area (Å²) >= 11 is 1.51. The SMILES string of the molecule is CC(=O)N[C@H](C(=O)NNC(=O)c1cc2c(s1)CCCCCC2)C(C)C. The van der Waals surface area contributed by atoms with Gasteiger partial charge in [-0.3, -0.25) is 25.2 Å². The molecular formula is C18H27N3O3S. The van der Waals surface area contributed by atoms with Crippen molar-refractivity contribution >= 4 is 29.1 Å². The number of hydrogen-bond acceptors (Lipinski definition) is 4. The lowest BCUT2D eigenvalue weighted by Crippen LogP contribution is -2.53. The fourth-order valence-electron chi connectivity index (χ4n) is 2.97. The second-order valence-electron chi connectivity index (χ2n) is 6.84. The highest BCUT2D eigenvalue weighted by atomic mass is 32.1. The van der Waals surface area contributed by atoms with E-state index < -0.39 is 11.9 Å². The van der Waals surface area contributed by atoms with E-state index in [-0.39, 0.29) is 17.7 Å². The van der Waals surface area contributed by atoms with E-state index in [1.54, 1.807) is 0 Å². The van der Waals surface area contributed by atoms with E-state index in [0.717, 1.165) is 25.7 Å². The van der Waals surface area contributed by atoms with Crippen LogP contribution in [0.25, 0.3) is 0 Å². The quantitative estimate of drug-likeness (QED) is 0.716. The van der Waals surface area contributed by atoms with E-state index in [2.05, 4.69) is 16.2 Å². The summed E-state index contributed by atoms with van der Waals surface area (Å²) in [6, 6.07) is 1.27. The molecule has 25 heavy (non-hydrogen) atoms. The van der Waals surface area contributed by atoms with Crippen molar-refractivity contribution in [3.63, 3.8) is 0 Å². The predicted molar refractivity (Wildman–Crippen MR) is 98.2 cm³/mol. The molecule has 1 atom stereocenters. The molecular weight excluding hydrogens is 338 g/mol. The summed E-state index contributed by atoms with van der Waals surface area (Å²) in [6.45, 7) is 5.03. The van der Waals surface area contributed by atoms with Crippen LogP contribution in [0.4, 0.5) is 0 Å². The molecule has 0 saturated heterocycles. The number of amides is 3. The summed E-state index contributed by atoms with van der Waals surface area (Å²) < 4.78 is 0. The van der Waals surface area contributed by atoms with Crippen LogP contribution in [0.15, 0.2) is 6.07 Å². The summed E-state index contributed by atoms with van der Waals surface area (Å²) in [5.41, 5.74) is 6.16. The normalized spacial score (nSPS) is 15.5.